The van der Waals surface area contributed by atoms with Crippen LogP contribution in [0.15, 0.2) is 28.7 Å². The van der Waals surface area contributed by atoms with Crippen LogP contribution in [0.2, 0.25) is 0 Å². The van der Waals surface area contributed by atoms with Gasteiger partial charge >= 0.3 is 0 Å². The summed E-state index contributed by atoms with van der Waals surface area (Å²) in [6.07, 6.45) is 0.626. The highest BCUT2D eigenvalue weighted by molar-refractivity contribution is 5.35. The molecule has 0 saturated carbocycles. The zero-order chi connectivity index (χ0) is 14.7. The molecular weight excluding hydrogens is 253 g/mol. The highest BCUT2D eigenvalue weighted by Crippen LogP contribution is 2.29. The predicted octanol–water partition coefficient (Wildman–Crippen LogP) is 4.24. The SMILES string of the molecule is CCNC(Cc1ccccc1F)c1c(C)oc(C)c1C. The van der Waals surface area contributed by atoms with Crippen LogP contribution >= 0.6 is 0 Å². The van der Waals surface area contributed by atoms with Gasteiger partial charge in [0, 0.05) is 11.6 Å². The van der Waals surface area contributed by atoms with Crippen molar-refractivity contribution < 1.29 is 8.81 Å². The molecule has 0 aliphatic rings. The number of furan rings is 1. The average molecular weight is 275 g/mol. The Bertz CT molecular complexity index is 589. The molecule has 0 saturated heterocycles. The van der Waals surface area contributed by atoms with Crippen LogP contribution in [-0.2, 0) is 6.42 Å². The van der Waals surface area contributed by atoms with Gasteiger partial charge in [0.2, 0.25) is 0 Å². The molecule has 0 amide bonds. The molecular formula is C17H22FNO. The first-order valence-electron chi connectivity index (χ1n) is 7.07. The van der Waals surface area contributed by atoms with Crippen molar-refractivity contribution in [3.8, 4) is 0 Å². The van der Waals surface area contributed by atoms with Crippen molar-refractivity contribution in [2.75, 3.05) is 6.54 Å². The molecule has 2 aromatic rings. The second-order valence-corrected chi connectivity index (χ2v) is 5.16. The van der Waals surface area contributed by atoms with E-state index in [0.29, 0.717) is 6.42 Å². The van der Waals surface area contributed by atoms with Gasteiger partial charge in [0.05, 0.1) is 0 Å². The Hall–Kier alpha value is -1.61. The second kappa shape index (κ2) is 6.23. The number of nitrogens with one attached hydrogen (secondary N) is 1. The van der Waals surface area contributed by atoms with Gasteiger partial charge in [0.15, 0.2) is 0 Å². The van der Waals surface area contributed by atoms with Crippen LogP contribution in [-0.4, -0.2) is 6.54 Å². The van der Waals surface area contributed by atoms with E-state index in [1.54, 1.807) is 6.07 Å². The van der Waals surface area contributed by atoms with Gasteiger partial charge in [-0.25, -0.2) is 4.39 Å². The average Bonchev–Trinajstić information content (AvgIpc) is 2.65. The summed E-state index contributed by atoms with van der Waals surface area (Å²) < 4.78 is 19.6. The third-order valence-corrected chi connectivity index (χ3v) is 3.80. The lowest BCUT2D eigenvalue weighted by atomic mass is 9.95. The van der Waals surface area contributed by atoms with Crippen molar-refractivity contribution in [3.63, 3.8) is 0 Å². The van der Waals surface area contributed by atoms with E-state index in [-0.39, 0.29) is 11.9 Å². The van der Waals surface area contributed by atoms with Crippen LogP contribution in [0.1, 0.15) is 41.2 Å². The van der Waals surface area contributed by atoms with Crippen molar-refractivity contribution >= 4 is 0 Å². The molecule has 0 spiro atoms. The van der Waals surface area contributed by atoms with Crippen molar-refractivity contribution in [2.24, 2.45) is 0 Å². The molecule has 0 aliphatic carbocycles. The lowest BCUT2D eigenvalue weighted by Gasteiger charge is -2.19. The maximum atomic E-state index is 13.9. The van der Waals surface area contributed by atoms with E-state index in [4.69, 9.17) is 4.42 Å². The molecule has 3 heteroatoms. The molecule has 1 atom stereocenters. The van der Waals surface area contributed by atoms with Crippen LogP contribution in [0, 0.1) is 26.6 Å². The minimum atomic E-state index is -0.147. The van der Waals surface area contributed by atoms with Gasteiger partial charge in [-0.3, -0.25) is 0 Å². The van der Waals surface area contributed by atoms with Crippen molar-refractivity contribution in [2.45, 2.75) is 40.2 Å². The van der Waals surface area contributed by atoms with Gasteiger partial charge in [-0.1, -0.05) is 25.1 Å². The third kappa shape index (κ3) is 2.93. The summed E-state index contributed by atoms with van der Waals surface area (Å²) in [6, 6.07) is 7.03. The number of likely N-dealkylation sites (N-methyl/N-ethyl adjacent to an activating group) is 1. The molecule has 0 fully saturated rings. The highest BCUT2D eigenvalue weighted by Gasteiger charge is 2.21. The van der Waals surface area contributed by atoms with Crippen molar-refractivity contribution in [1.82, 2.24) is 5.32 Å². The molecule has 1 aromatic heterocycles. The number of benzene rings is 1. The Morgan fingerprint density at radius 1 is 1.15 bits per heavy atom. The van der Waals surface area contributed by atoms with Gasteiger partial charge in [-0.05, 0) is 50.9 Å². The Morgan fingerprint density at radius 2 is 1.85 bits per heavy atom. The number of halogens is 1. The first kappa shape index (κ1) is 14.8. The topological polar surface area (TPSA) is 25.2 Å². The van der Waals surface area contributed by atoms with E-state index < -0.39 is 0 Å². The molecule has 2 nitrogen and oxygen atoms in total. The van der Waals surface area contributed by atoms with E-state index in [1.165, 1.54) is 6.07 Å². The molecule has 0 radical (unpaired) electrons. The minimum Gasteiger partial charge on any atom is -0.466 e. The molecule has 20 heavy (non-hydrogen) atoms. The van der Waals surface area contributed by atoms with Crippen LogP contribution in [0.3, 0.4) is 0 Å². The zero-order valence-corrected chi connectivity index (χ0v) is 12.6. The maximum Gasteiger partial charge on any atom is 0.126 e. The van der Waals surface area contributed by atoms with Crippen LogP contribution in [0.25, 0.3) is 0 Å². The quantitative estimate of drug-likeness (QED) is 0.883. The summed E-state index contributed by atoms with van der Waals surface area (Å²) in [7, 11) is 0. The predicted molar refractivity (Wildman–Crippen MR) is 79.4 cm³/mol. The van der Waals surface area contributed by atoms with Gasteiger partial charge in [-0.2, -0.15) is 0 Å². The second-order valence-electron chi connectivity index (χ2n) is 5.16. The summed E-state index contributed by atoms with van der Waals surface area (Å²) in [5, 5.41) is 3.44. The third-order valence-electron chi connectivity index (χ3n) is 3.80. The van der Waals surface area contributed by atoms with Gasteiger partial charge in [-0.15, -0.1) is 0 Å². The fourth-order valence-corrected chi connectivity index (χ4v) is 2.73. The molecule has 0 aliphatic heterocycles. The first-order chi connectivity index (χ1) is 9.54. The first-order valence-corrected chi connectivity index (χ1v) is 7.07. The highest BCUT2D eigenvalue weighted by atomic mass is 19.1. The number of hydrogen-bond acceptors (Lipinski definition) is 2. The Balaban J connectivity index is 2.34. The van der Waals surface area contributed by atoms with Gasteiger partial charge < -0.3 is 9.73 Å². The summed E-state index contributed by atoms with van der Waals surface area (Å²) in [4.78, 5) is 0. The normalized spacial score (nSPS) is 12.7. The molecule has 108 valence electrons. The van der Waals surface area contributed by atoms with Crippen molar-refractivity contribution in [3.05, 3.63) is 58.3 Å². The van der Waals surface area contributed by atoms with Crippen LogP contribution < -0.4 is 5.32 Å². The fraction of sp³-hybridized carbons (Fsp3) is 0.412. The molecule has 1 heterocycles. The van der Waals surface area contributed by atoms with E-state index in [2.05, 4.69) is 19.2 Å². The van der Waals surface area contributed by atoms with Crippen molar-refractivity contribution in [1.29, 1.82) is 0 Å². The molecule has 1 N–H and O–H groups in total. The van der Waals surface area contributed by atoms with Crippen LogP contribution in [0.4, 0.5) is 4.39 Å². The monoisotopic (exact) mass is 275 g/mol. The molecule has 1 unspecified atom stereocenters. The smallest absolute Gasteiger partial charge is 0.126 e. The molecule has 1 aromatic carbocycles. The maximum absolute atomic E-state index is 13.9. The largest absolute Gasteiger partial charge is 0.466 e. The summed E-state index contributed by atoms with van der Waals surface area (Å²) in [5.41, 5.74) is 3.05. The van der Waals surface area contributed by atoms with E-state index in [9.17, 15) is 4.39 Å². The van der Waals surface area contributed by atoms with Crippen LogP contribution in [0.5, 0.6) is 0 Å². The van der Waals surface area contributed by atoms with Gasteiger partial charge in [0.1, 0.15) is 17.3 Å². The summed E-state index contributed by atoms with van der Waals surface area (Å²) >= 11 is 0. The fourth-order valence-electron chi connectivity index (χ4n) is 2.73. The molecule has 2 rings (SSSR count). The van der Waals surface area contributed by atoms with E-state index in [1.807, 2.05) is 26.0 Å². The Morgan fingerprint density at radius 3 is 2.40 bits per heavy atom. The van der Waals surface area contributed by atoms with Gasteiger partial charge in [0.25, 0.3) is 0 Å². The van der Waals surface area contributed by atoms with E-state index in [0.717, 1.165) is 34.8 Å². The summed E-state index contributed by atoms with van der Waals surface area (Å²) in [5.74, 6) is 1.71. The molecule has 0 bridgehead atoms. The Kier molecular flexibility index (Phi) is 4.61. The number of rotatable bonds is 5. The Labute approximate surface area is 120 Å². The van der Waals surface area contributed by atoms with E-state index >= 15 is 0 Å². The number of hydrogen-bond donors (Lipinski definition) is 1. The zero-order valence-electron chi connectivity index (χ0n) is 12.6. The summed E-state index contributed by atoms with van der Waals surface area (Å²) in [6.45, 7) is 8.90. The lowest BCUT2D eigenvalue weighted by Crippen LogP contribution is -2.24. The standard InChI is InChI=1S/C17H22FNO/c1-5-19-16(10-14-8-6-7-9-15(14)18)17-11(2)12(3)20-13(17)4/h6-9,16,19H,5,10H2,1-4H3. The lowest BCUT2D eigenvalue weighted by molar-refractivity contribution is 0.481. The minimum absolute atomic E-state index is 0.0781. The number of aryl methyl sites for hydroxylation is 2.